The SMILES string of the molecule is OC(CCN1CCCCCCC1)c1ccccc1Cl. The molecule has 1 aromatic carbocycles. The maximum Gasteiger partial charge on any atom is 0.0816 e. The fourth-order valence-electron chi connectivity index (χ4n) is 2.74. The molecule has 0 amide bonds. The fourth-order valence-corrected chi connectivity index (χ4v) is 3.00. The van der Waals surface area contributed by atoms with E-state index >= 15 is 0 Å². The molecule has 19 heavy (non-hydrogen) atoms. The van der Waals surface area contributed by atoms with Crippen molar-refractivity contribution >= 4 is 11.6 Å². The second kappa shape index (κ2) is 7.88. The predicted molar refractivity (Wildman–Crippen MR) is 80.6 cm³/mol. The molecule has 1 aliphatic heterocycles. The molecule has 106 valence electrons. The number of aliphatic hydroxyl groups excluding tert-OH is 1. The van der Waals surface area contributed by atoms with Gasteiger partial charge >= 0.3 is 0 Å². The zero-order chi connectivity index (χ0) is 13.5. The Kier molecular flexibility index (Phi) is 6.15. The van der Waals surface area contributed by atoms with Gasteiger partial charge in [0, 0.05) is 11.6 Å². The first kappa shape index (κ1) is 14.8. The zero-order valence-electron chi connectivity index (χ0n) is 11.5. The molecule has 1 N–H and O–H groups in total. The van der Waals surface area contributed by atoms with Crippen molar-refractivity contribution in [3.63, 3.8) is 0 Å². The highest BCUT2D eigenvalue weighted by Crippen LogP contribution is 2.25. The van der Waals surface area contributed by atoms with Crippen LogP contribution in [-0.2, 0) is 0 Å². The molecule has 1 atom stereocenters. The van der Waals surface area contributed by atoms with E-state index in [1.165, 1.54) is 45.2 Å². The highest BCUT2D eigenvalue weighted by Gasteiger charge is 2.14. The lowest BCUT2D eigenvalue weighted by Gasteiger charge is -2.25. The van der Waals surface area contributed by atoms with Crippen molar-refractivity contribution in [3.8, 4) is 0 Å². The number of rotatable bonds is 4. The maximum absolute atomic E-state index is 10.2. The normalized spacial score (nSPS) is 19.7. The van der Waals surface area contributed by atoms with E-state index in [0.29, 0.717) is 5.02 Å². The van der Waals surface area contributed by atoms with E-state index < -0.39 is 6.10 Å². The zero-order valence-corrected chi connectivity index (χ0v) is 12.3. The standard InChI is InChI=1S/C16H24ClNO/c17-15-9-5-4-8-14(15)16(19)10-13-18-11-6-2-1-3-7-12-18/h4-5,8-9,16,19H,1-3,6-7,10-13H2. The monoisotopic (exact) mass is 281 g/mol. The van der Waals surface area contributed by atoms with Crippen molar-refractivity contribution in [2.24, 2.45) is 0 Å². The van der Waals surface area contributed by atoms with E-state index in [2.05, 4.69) is 4.90 Å². The summed E-state index contributed by atoms with van der Waals surface area (Å²) in [6.07, 6.45) is 7.00. The number of aliphatic hydroxyl groups is 1. The van der Waals surface area contributed by atoms with Crippen LogP contribution in [0.2, 0.25) is 5.02 Å². The van der Waals surface area contributed by atoms with Crippen LogP contribution in [-0.4, -0.2) is 29.6 Å². The Balaban J connectivity index is 1.82. The van der Waals surface area contributed by atoms with E-state index in [9.17, 15) is 5.11 Å². The second-order valence-corrected chi connectivity index (χ2v) is 5.84. The third kappa shape index (κ3) is 4.79. The summed E-state index contributed by atoms with van der Waals surface area (Å²) >= 11 is 6.11. The summed E-state index contributed by atoms with van der Waals surface area (Å²) in [5, 5.41) is 10.9. The van der Waals surface area contributed by atoms with Crippen LogP contribution in [0, 0.1) is 0 Å². The largest absolute Gasteiger partial charge is 0.388 e. The number of benzene rings is 1. The van der Waals surface area contributed by atoms with E-state index in [1.807, 2.05) is 24.3 Å². The van der Waals surface area contributed by atoms with Crippen molar-refractivity contribution in [3.05, 3.63) is 34.9 Å². The molecule has 1 aromatic rings. The van der Waals surface area contributed by atoms with Gasteiger partial charge in [-0.15, -0.1) is 0 Å². The van der Waals surface area contributed by atoms with Crippen LogP contribution in [0.5, 0.6) is 0 Å². The smallest absolute Gasteiger partial charge is 0.0816 e. The van der Waals surface area contributed by atoms with Crippen LogP contribution >= 0.6 is 11.6 Å². The van der Waals surface area contributed by atoms with Gasteiger partial charge < -0.3 is 10.0 Å². The molecule has 2 rings (SSSR count). The lowest BCUT2D eigenvalue weighted by atomic mass is 10.0. The van der Waals surface area contributed by atoms with Crippen LogP contribution in [0.3, 0.4) is 0 Å². The first-order chi connectivity index (χ1) is 9.27. The van der Waals surface area contributed by atoms with Gasteiger partial charge in [0.15, 0.2) is 0 Å². The van der Waals surface area contributed by atoms with Crippen LogP contribution < -0.4 is 0 Å². The Morgan fingerprint density at radius 2 is 1.68 bits per heavy atom. The van der Waals surface area contributed by atoms with Gasteiger partial charge in [-0.1, -0.05) is 49.1 Å². The molecule has 2 nitrogen and oxygen atoms in total. The van der Waals surface area contributed by atoms with Crippen molar-refractivity contribution in [1.82, 2.24) is 4.90 Å². The van der Waals surface area contributed by atoms with Gasteiger partial charge in [-0.05, 0) is 44.0 Å². The summed E-state index contributed by atoms with van der Waals surface area (Å²) < 4.78 is 0. The first-order valence-electron chi connectivity index (χ1n) is 7.42. The Labute approximate surface area is 121 Å². The van der Waals surface area contributed by atoms with Gasteiger partial charge in [0.1, 0.15) is 0 Å². The van der Waals surface area contributed by atoms with Crippen molar-refractivity contribution in [2.75, 3.05) is 19.6 Å². The maximum atomic E-state index is 10.2. The summed E-state index contributed by atoms with van der Waals surface area (Å²) in [6, 6.07) is 7.59. The summed E-state index contributed by atoms with van der Waals surface area (Å²) in [6.45, 7) is 3.32. The molecule has 1 saturated heterocycles. The molecule has 0 spiro atoms. The van der Waals surface area contributed by atoms with Crippen LogP contribution in [0.4, 0.5) is 0 Å². The van der Waals surface area contributed by atoms with E-state index in [4.69, 9.17) is 11.6 Å². The van der Waals surface area contributed by atoms with E-state index in [1.54, 1.807) is 0 Å². The summed E-state index contributed by atoms with van der Waals surface area (Å²) in [5.41, 5.74) is 0.858. The van der Waals surface area contributed by atoms with Crippen molar-refractivity contribution in [2.45, 2.75) is 44.6 Å². The highest BCUT2D eigenvalue weighted by atomic mass is 35.5. The minimum atomic E-state index is -0.445. The lowest BCUT2D eigenvalue weighted by molar-refractivity contribution is 0.138. The van der Waals surface area contributed by atoms with Crippen molar-refractivity contribution in [1.29, 1.82) is 0 Å². The number of likely N-dealkylation sites (tertiary alicyclic amines) is 1. The van der Waals surface area contributed by atoms with Gasteiger partial charge in [-0.2, -0.15) is 0 Å². The average molecular weight is 282 g/mol. The van der Waals surface area contributed by atoms with Gasteiger partial charge in [0.05, 0.1) is 6.10 Å². The summed E-state index contributed by atoms with van der Waals surface area (Å²) in [5.74, 6) is 0. The number of hydrogen-bond donors (Lipinski definition) is 1. The molecule has 1 unspecified atom stereocenters. The van der Waals surface area contributed by atoms with Crippen LogP contribution in [0.1, 0.15) is 50.2 Å². The molecule has 1 aliphatic rings. The molecule has 0 aliphatic carbocycles. The molecule has 0 saturated carbocycles. The third-order valence-electron chi connectivity index (χ3n) is 3.93. The Morgan fingerprint density at radius 3 is 2.37 bits per heavy atom. The Bertz CT molecular complexity index is 375. The van der Waals surface area contributed by atoms with Gasteiger partial charge in [-0.3, -0.25) is 0 Å². The molecule has 3 heteroatoms. The van der Waals surface area contributed by atoms with Gasteiger partial charge in [0.25, 0.3) is 0 Å². The van der Waals surface area contributed by atoms with Crippen LogP contribution in [0.15, 0.2) is 24.3 Å². The second-order valence-electron chi connectivity index (χ2n) is 5.44. The highest BCUT2D eigenvalue weighted by molar-refractivity contribution is 6.31. The molecule has 0 aromatic heterocycles. The quantitative estimate of drug-likeness (QED) is 0.901. The van der Waals surface area contributed by atoms with Crippen LogP contribution in [0.25, 0.3) is 0 Å². The van der Waals surface area contributed by atoms with Gasteiger partial charge in [-0.25, -0.2) is 0 Å². The molecule has 1 heterocycles. The summed E-state index contributed by atoms with van der Waals surface area (Å²) in [7, 11) is 0. The first-order valence-corrected chi connectivity index (χ1v) is 7.80. The Morgan fingerprint density at radius 1 is 1.05 bits per heavy atom. The summed E-state index contributed by atoms with van der Waals surface area (Å²) in [4.78, 5) is 2.49. The minimum absolute atomic E-state index is 0.445. The number of nitrogens with zero attached hydrogens (tertiary/aromatic N) is 1. The number of halogens is 1. The van der Waals surface area contributed by atoms with E-state index in [-0.39, 0.29) is 0 Å². The topological polar surface area (TPSA) is 23.5 Å². The van der Waals surface area contributed by atoms with Crippen molar-refractivity contribution < 1.29 is 5.11 Å². The van der Waals surface area contributed by atoms with Gasteiger partial charge in [0.2, 0.25) is 0 Å². The third-order valence-corrected chi connectivity index (χ3v) is 4.28. The predicted octanol–water partition coefficient (Wildman–Crippen LogP) is 4.03. The fraction of sp³-hybridized carbons (Fsp3) is 0.625. The van der Waals surface area contributed by atoms with E-state index in [0.717, 1.165) is 18.5 Å². The minimum Gasteiger partial charge on any atom is -0.388 e. The average Bonchev–Trinajstić information content (AvgIpc) is 2.37. The molecule has 0 radical (unpaired) electrons. The molecular formula is C16H24ClNO. The number of hydrogen-bond acceptors (Lipinski definition) is 2. The molecular weight excluding hydrogens is 258 g/mol. The molecule has 0 bridgehead atoms. The molecule has 1 fully saturated rings. The lowest BCUT2D eigenvalue weighted by Crippen LogP contribution is -2.29. The Hall–Kier alpha value is -0.570.